The van der Waals surface area contributed by atoms with Gasteiger partial charge in [0.1, 0.15) is 18.4 Å². The Morgan fingerprint density at radius 3 is 2.21 bits per heavy atom. The average Bonchev–Trinajstić information content (AvgIpc) is 2.83. The number of amides is 1. The lowest BCUT2D eigenvalue weighted by Crippen LogP contribution is -2.43. The Balaban J connectivity index is 1.60. The van der Waals surface area contributed by atoms with E-state index in [2.05, 4.69) is 5.32 Å². The number of hydrogen-bond donors (Lipinski definition) is 1. The Bertz CT molecular complexity index is 1100. The highest BCUT2D eigenvalue weighted by Gasteiger charge is 2.30. The molecule has 3 aromatic carbocycles. The summed E-state index contributed by atoms with van der Waals surface area (Å²) in [5.74, 6) is -0.588. The van der Waals surface area contributed by atoms with E-state index in [1.165, 1.54) is 19.2 Å². The van der Waals surface area contributed by atoms with Crippen LogP contribution in [-0.2, 0) is 40.0 Å². The van der Waals surface area contributed by atoms with E-state index in [0.29, 0.717) is 12.4 Å². The van der Waals surface area contributed by atoms with E-state index in [0.717, 1.165) is 23.3 Å². The number of hydrogen-bond acceptors (Lipinski definition) is 4. The second-order valence-corrected chi connectivity index (χ2v) is 7.64. The molecule has 0 radical (unpaired) electrons. The number of benzene rings is 3. The molecule has 8 heteroatoms. The number of esters is 1. The van der Waals surface area contributed by atoms with Gasteiger partial charge in [-0.2, -0.15) is 13.2 Å². The Hall–Kier alpha value is -3.81. The maximum atomic E-state index is 12.9. The van der Waals surface area contributed by atoms with Crippen LogP contribution in [0.4, 0.5) is 13.2 Å². The monoisotopic (exact) mass is 471 g/mol. The molecule has 0 heterocycles. The molecule has 0 saturated carbocycles. The van der Waals surface area contributed by atoms with Crippen LogP contribution in [-0.4, -0.2) is 25.0 Å². The molecule has 0 unspecified atom stereocenters. The highest BCUT2D eigenvalue weighted by Crippen LogP contribution is 2.29. The molecule has 1 atom stereocenters. The number of ether oxygens (including phenoxy) is 2. The zero-order valence-electron chi connectivity index (χ0n) is 18.5. The van der Waals surface area contributed by atoms with Crippen LogP contribution in [0.2, 0.25) is 0 Å². The summed E-state index contributed by atoms with van der Waals surface area (Å²) in [6, 6.07) is 20.3. The van der Waals surface area contributed by atoms with Gasteiger partial charge in [-0.15, -0.1) is 0 Å². The van der Waals surface area contributed by atoms with Gasteiger partial charge in [-0.3, -0.25) is 4.79 Å². The molecule has 5 nitrogen and oxygen atoms in total. The van der Waals surface area contributed by atoms with Crippen LogP contribution in [0, 0.1) is 0 Å². The molecule has 0 saturated heterocycles. The van der Waals surface area contributed by atoms with Gasteiger partial charge in [-0.25, -0.2) is 4.79 Å². The second kappa shape index (κ2) is 11.4. The number of rotatable bonds is 9. The summed E-state index contributed by atoms with van der Waals surface area (Å²) in [6.07, 6.45) is -4.65. The van der Waals surface area contributed by atoms with Crippen molar-refractivity contribution in [3.63, 3.8) is 0 Å². The number of carbonyl (C=O) groups excluding carboxylic acids is 2. The minimum absolute atomic E-state index is 0.153. The molecular weight excluding hydrogens is 447 g/mol. The van der Waals surface area contributed by atoms with Crippen molar-refractivity contribution in [2.45, 2.75) is 31.7 Å². The molecule has 0 aliphatic rings. The largest absolute Gasteiger partial charge is 0.489 e. The Labute approximate surface area is 195 Å². The lowest BCUT2D eigenvalue weighted by molar-refractivity contribution is -0.145. The van der Waals surface area contributed by atoms with Gasteiger partial charge in [0.2, 0.25) is 5.91 Å². The number of alkyl halides is 3. The van der Waals surface area contributed by atoms with E-state index < -0.39 is 29.7 Å². The Kier molecular flexibility index (Phi) is 8.29. The summed E-state index contributed by atoms with van der Waals surface area (Å²) in [6.45, 7) is 0.413. The van der Waals surface area contributed by atoms with Crippen LogP contribution in [0.1, 0.15) is 22.3 Å². The summed E-state index contributed by atoms with van der Waals surface area (Å²) in [5.41, 5.74) is 1.13. The average molecular weight is 471 g/mol. The van der Waals surface area contributed by atoms with Crippen molar-refractivity contribution in [2.75, 3.05) is 7.11 Å². The molecule has 1 N–H and O–H groups in total. The van der Waals surface area contributed by atoms with Gasteiger partial charge < -0.3 is 14.8 Å². The van der Waals surface area contributed by atoms with Crippen molar-refractivity contribution in [3.8, 4) is 5.75 Å². The smallest absolute Gasteiger partial charge is 0.416 e. The number of halogens is 3. The summed E-state index contributed by atoms with van der Waals surface area (Å²) in [5, 5.41) is 2.56. The third-order valence-corrected chi connectivity index (χ3v) is 5.05. The molecule has 3 rings (SSSR count). The van der Waals surface area contributed by atoms with Gasteiger partial charge in [-0.05, 0) is 34.9 Å². The van der Waals surface area contributed by atoms with Crippen molar-refractivity contribution in [2.24, 2.45) is 0 Å². The molecule has 0 aliphatic heterocycles. The van der Waals surface area contributed by atoms with Crippen molar-refractivity contribution in [3.05, 3.63) is 101 Å². The first-order chi connectivity index (χ1) is 16.2. The quantitative estimate of drug-likeness (QED) is 0.459. The van der Waals surface area contributed by atoms with Crippen LogP contribution in [0.3, 0.4) is 0 Å². The number of nitrogens with one attached hydrogen (secondary N) is 1. The molecule has 3 aromatic rings. The SMILES string of the molecule is COC(=O)[C@H](Cc1ccc(OCc2ccccc2)cc1)NC(=O)Cc1cccc(C(F)(F)F)c1. The standard InChI is InChI=1S/C26H24F3NO4/c1-33-25(32)23(30-24(31)16-20-8-5-9-21(14-20)26(27,28)29)15-18-10-12-22(13-11-18)34-17-19-6-3-2-4-7-19/h2-14,23H,15-17H2,1H3,(H,30,31)/t23-/m0/s1. The van der Waals surface area contributed by atoms with Gasteiger partial charge in [0.25, 0.3) is 0 Å². The van der Waals surface area contributed by atoms with Crippen molar-refractivity contribution in [1.29, 1.82) is 0 Å². The normalized spacial score (nSPS) is 12.0. The van der Waals surface area contributed by atoms with Gasteiger partial charge >= 0.3 is 12.1 Å². The summed E-state index contributed by atoms with van der Waals surface area (Å²) in [7, 11) is 1.20. The van der Waals surface area contributed by atoms with Gasteiger partial charge in [0.15, 0.2) is 0 Å². The van der Waals surface area contributed by atoms with Crippen molar-refractivity contribution >= 4 is 11.9 Å². The minimum atomic E-state index is -4.50. The fourth-order valence-corrected chi connectivity index (χ4v) is 3.32. The fourth-order valence-electron chi connectivity index (χ4n) is 3.32. The molecule has 0 aromatic heterocycles. The molecule has 0 fully saturated rings. The maximum Gasteiger partial charge on any atom is 0.416 e. The van der Waals surface area contributed by atoms with Crippen LogP contribution in [0.25, 0.3) is 0 Å². The lowest BCUT2D eigenvalue weighted by atomic mass is 10.0. The molecular formula is C26H24F3NO4. The van der Waals surface area contributed by atoms with E-state index in [9.17, 15) is 22.8 Å². The van der Waals surface area contributed by atoms with Gasteiger partial charge in [0.05, 0.1) is 19.1 Å². The first-order valence-corrected chi connectivity index (χ1v) is 10.5. The molecule has 0 spiro atoms. The lowest BCUT2D eigenvalue weighted by Gasteiger charge is -2.17. The fraction of sp³-hybridized carbons (Fsp3) is 0.231. The third-order valence-electron chi connectivity index (χ3n) is 5.05. The first-order valence-electron chi connectivity index (χ1n) is 10.5. The summed E-state index contributed by atoms with van der Waals surface area (Å²) >= 11 is 0. The zero-order valence-corrected chi connectivity index (χ0v) is 18.5. The highest BCUT2D eigenvalue weighted by atomic mass is 19.4. The molecule has 0 aliphatic carbocycles. The molecule has 0 bridgehead atoms. The summed E-state index contributed by atoms with van der Waals surface area (Å²) < 4.78 is 49.2. The topological polar surface area (TPSA) is 64.6 Å². The maximum absolute atomic E-state index is 12.9. The number of methoxy groups -OCH3 is 1. The minimum Gasteiger partial charge on any atom is -0.489 e. The molecule has 34 heavy (non-hydrogen) atoms. The predicted molar refractivity (Wildman–Crippen MR) is 120 cm³/mol. The first kappa shape index (κ1) is 24.8. The van der Waals surface area contributed by atoms with Crippen LogP contribution >= 0.6 is 0 Å². The van der Waals surface area contributed by atoms with E-state index in [1.54, 1.807) is 24.3 Å². The van der Waals surface area contributed by atoms with Crippen LogP contribution in [0.5, 0.6) is 5.75 Å². The van der Waals surface area contributed by atoms with E-state index in [4.69, 9.17) is 9.47 Å². The summed E-state index contributed by atoms with van der Waals surface area (Å²) in [4.78, 5) is 24.7. The third kappa shape index (κ3) is 7.37. The zero-order chi connectivity index (χ0) is 24.6. The number of carbonyl (C=O) groups is 2. The van der Waals surface area contributed by atoms with Crippen molar-refractivity contribution in [1.82, 2.24) is 5.32 Å². The van der Waals surface area contributed by atoms with Gasteiger partial charge in [-0.1, -0.05) is 60.7 Å². The van der Waals surface area contributed by atoms with E-state index >= 15 is 0 Å². The van der Waals surface area contributed by atoms with E-state index in [-0.39, 0.29) is 18.4 Å². The van der Waals surface area contributed by atoms with Crippen molar-refractivity contribution < 1.29 is 32.2 Å². The van der Waals surface area contributed by atoms with Gasteiger partial charge in [0, 0.05) is 6.42 Å². The Morgan fingerprint density at radius 2 is 1.56 bits per heavy atom. The van der Waals surface area contributed by atoms with Crippen LogP contribution in [0.15, 0.2) is 78.9 Å². The predicted octanol–water partition coefficient (Wildman–Crippen LogP) is 4.73. The van der Waals surface area contributed by atoms with E-state index in [1.807, 2.05) is 30.3 Å². The second-order valence-electron chi connectivity index (χ2n) is 7.64. The highest BCUT2D eigenvalue weighted by molar-refractivity contribution is 5.85. The molecule has 178 valence electrons. The van der Waals surface area contributed by atoms with Crippen LogP contribution < -0.4 is 10.1 Å². The Morgan fingerprint density at radius 1 is 0.882 bits per heavy atom. The molecule has 1 amide bonds.